The maximum atomic E-state index is 12.0. The van der Waals surface area contributed by atoms with Crippen LogP contribution in [0.1, 0.15) is 17.3 Å². The summed E-state index contributed by atoms with van der Waals surface area (Å²) in [6.07, 6.45) is 0. The summed E-state index contributed by atoms with van der Waals surface area (Å²) in [5, 5.41) is 11.3. The smallest absolute Gasteiger partial charge is 0.335 e. The third-order valence-electron chi connectivity index (χ3n) is 2.26. The normalized spacial score (nSPS) is 11.1. The number of rotatable bonds is 6. The Morgan fingerprint density at radius 2 is 1.95 bits per heavy atom. The number of hydrogen-bond acceptors (Lipinski definition) is 4. The summed E-state index contributed by atoms with van der Waals surface area (Å²) in [6.45, 7) is 1.53. The van der Waals surface area contributed by atoms with Gasteiger partial charge in [-0.05, 0) is 34.1 Å². The van der Waals surface area contributed by atoms with Gasteiger partial charge in [0.15, 0.2) is 0 Å². The number of hydrogen-bond donors (Lipinski definition) is 3. The van der Waals surface area contributed by atoms with E-state index in [2.05, 4.69) is 26.0 Å². The largest absolute Gasteiger partial charge is 0.478 e. The third kappa shape index (κ3) is 4.58. The van der Waals surface area contributed by atoms with Crippen LogP contribution in [0.3, 0.4) is 0 Å². The van der Waals surface area contributed by atoms with Crippen LogP contribution in [0, 0.1) is 0 Å². The van der Waals surface area contributed by atoms with Gasteiger partial charge in [0.05, 0.1) is 10.5 Å². The van der Waals surface area contributed by atoms with Gasteiger partial charge in [-0.3, -0.25) is 4.79 Å². The van der Waals surface area contributed by atoms with Gasteiger partial charge in [-0.1, -0.05) is 0 Å². The van der Waals surface area contributed by atoms with E-state index in [4.69, 9.17) is 5.11 Å². The van der Waals surface area contributed by atoms with E-state index in [0.29, 0.717) is 0 Å². The number of amides is 1. The molecule has 1 rings (SSSR count). The van der Waals surface area contributed by atoms with Crippen molar-refractivity contribution in [3.05, 3.63) is 28.2 Å². The van der Waals surface area contributed by atoms with Crippen molar-refractivity contribution in [1.82, 2.24) is 10.0 Å². The van der Waals surface area contributed by atoms with E-state index in [-0.39, 0.29) is 33.9 Å². The molecule has 1 aromatic carbocycles. The average Bonchev–Trinajstić information content (AvgIpc) is 2.34. The van der Waals surface area contributed by atoms with E-state index in [9.17, 15) is 18.0 Å². The van der Waals surface area contributed by atoms with Crippen molar-refractivity contribution in [3.63, 3.8) is 0 Å². The van der Waals surface area contributed by atoms with Gasteiger partial charge in [0.25, 0.3) is 0 Å². The lowest BCUT2D eigenvalue weighted by molar-refractivity contribution is -0.118. The molecule has 0 unspecified atom stereocenters. The number of carbonyl (C=O) groups excluding carboxylic acids is 1. The van der Waals surface area contributed by atoms with Crippen LogP contribution in [0.25, 0.3) is 0 Å². The number of carbonyl (C=O) groups is 2. The molecule has 0 bridgehead atoms. The first-order valence-corrected chi connectivity index (χ1v) is 7.78. The number of halogens is 1. The van der Waals surface area contributed by atoms with Crippen molar-refractivity contribution in [1.29, 1.82) is 0 Å². The molecule has 7 nitrogen and oxygen atoms in total. The molecule has 0 aliphatic rings. The second kappa shape index (κ2) is 6.82. The molecule has 0 atom stereocenters. The number of nitrogens with one attached hydrogen (secondary N) is 2. The molecule has 0 aromatic heterocycles. The number of carboxylic acids is 1. The van der Waals surface area contributed by atoms with E-state index in [1.54, 1.807) is 0 Å². The van der Waals surface area contributed by atoms with Crippen LogP contribution in [0.2, 0.25) is 0 Å². The van der Waals surface area contributed by atoms with Gasteiger partial charge in [-0.15, -0.1) is 0 Å². The van der Waals surface area contributed by atoms with Gasteiger partial charge in [0, 0.05) is 24.5 Å². The Hall–Kier alpha value is -1.45. The van der Waals surface area contributed by atoms with Gasteiger partial charge >= 0.3 is 5.97 Å². The number of sulfonamides is 1. The molecule has 0 saturated heterocycles. The van der Waals surface area contributed by atoms with Crippen molar-refractivity contribution in [3.8, 4) is 0 Å². The fourth-order valence-corrected chi connectivity index (χ4v) is 3.46. The summed E-state index contributed by atoms with van der Waals surface area (Å²) in [4.78, 5) is 21.3. The molecule has 20 heavy (non-hydrogen) atoms. The summed E-state index contributed by atoms with van der Waals surface area (Å²) in [7, 11) is -3.77. The molecule has 0 radical (unpaired) electrons. The number of benzene rings is 1. The highest BCUT2D eigenvalue weighted by Gasteiger charge is 2.18. The van der Waals surface area contributed by atoms with E-state index >= 15 is 0 Å². The maximum absolute atomic E-state index is 12.0. The van der Waals surface area contributed by atoms with Gasteiger partial charge in [-0.2, -0.15) is 0 Å². The molecular formula is C11H13BrN2O5S. The van der Waals surface area contributed by atoms with E-state index in [1.807, 2.05) is 0 Å². The molecular weight excluding hydrogens is 352 g/mol. The molecule has 1 aromatic rings. The molecule has 0 aliphatic carbocycles. The zero-order chi connectivity index (χ0) is 15.3. The van der Waals surface area contributed by atoms with Crippen molar-refractivity contribution in [2.45, 2.75) is 11.8 Å². The zero-order valence-corrected chi connectivity index (χ0v) is 12.9. The van der Waals surface area contributed by atoms with E-state index in [0.717, 1.165) is 0 Å². The van der Waals surface area contributed by atoms with Gasteiger partial charge in [0.1, 0.15) is 0 Å². The summed E-state index contributed by atoms with van der Waals surface area (Å²) in [5.74, 6) is -1.40. The topological polar surface area (TPSA) is 113 Å². The maximum Gasteiger partial charge on any atom is 0.335 e. The Labute approximate surface area is 124 Å². The van der Waals surface area contributed by atoms with Gasteiger partial charge < -0.3 is 10.4 Å². The SMILES string of the molecule is CC(=O)NCCNS(=O)(=O)c1ccc(C(=O)O)cc1Br. The standard InChI is InChI=1S/C11H13BrN2O5S/c1-7(15)13-4-5-14-20(18,19)10-3-2-8(11(16)17)6-9(10)12/h2-3,6,14H,4-5H2,1H3,(H,13,15)(H,16,17). The Morgan fingerprint density at radius 1 is 1.30 bits per heavy atom. The fourth-order valence-electron chi connectivity index (χ4n) is 1.35. The van der Waals surface area contributed by atoms with Crippen LogP contribution in [0.4, 0.5) is 0 Å². The highest BCUT2D eigenvalue weighted by atomic mass is 79.9. The minimum Gasteiger partial charge on any atom is -0.478 e. The zero-order valence-electron chi connectivity index (χ0n) is 10.5. The molecule has 0 spiro atoms. The summed E-state index contributed by atoms with van der Waals surface area (Å²) >= 11 is 3.03. The predicted molar refractivity (Wildman–Crippen MR) is 75.0 cm³/mol. The van der Waals surface area contributed by atoms with Crippen LogP contribution >= 0.6 is 15.9 Å². The highest BCUT2D eigenvalue weighted by Crippen LogP contribution is 2.23. The van der Waals surface area contributed by atoms with Crippen molar-refractivity contribution in [2.24, 2.45) is 0 Å². The van der Waals surface area contributed by atoms with Crippen LogP contribution in [-0.4, -0.2) is 38.5 Å². The monoisotopic (exact) mass is 364 g/mol. The lowest BCUT2D eigenvalue weighted by atomic mass is 10.2. The quantitative estimate of drug-likeness (QED) is 0.638. The molecule has 0 saturated carbocycles. The lowest BCUT2D eigenvalue weighted by Gasteiger charge is -2.09. The molecule has 1 amide bonds. The Balaban J connectivity index is 2.82. The third-order valence-corrected chi connectivity index (χ3v) is 4.70. The highest BCUT2D eigenvalue weighted by molar-refractivity contribution is 9.10. The van der Waals surface area contributed by atoms with Crippen molar-refractivity contribution < 1.29 is 23.1 Å². The molecule has 0 aliphatic heterocycles. The predicted octanol–water partition coefficient (Wildman–Crippen LogP) is 0.562. The van der Waals surface area contributed by atoms with Crippen LogP contribution in [-0.2, 0) is 14.8 Å². The minimum atomic E-state index is -3.77. The molecule has 9 heteroatoms. The van der Waals surface area contributed by atoms with Crippen molar-refractivity contribution >= 4 is 37.8 Å². The first-order valence-electron chi connectivity index (χ1n) is 5.51. The first kappa shape index (κ1) is 16.6. The summed E-state index contributed by atoms with van der Waals surface area (Å²) in [5.41, 5.74) is -0.0194. The lowest BCUT2D eigenvalue weighted by Crippen LogP contribution is -2.33. The second-order valence-electron chi connectivity index (χ2n) is 3.83. The number of carboxylic acid groups (broad SMARTS) is 1. The summed E-state index contributed by atoms with van der Waals surface area (Å²) < 4.78 is 26.4. The molecule has 0 fully saturated rings. The molecule has 110 valence electrons. The van der Waals surface area contributed by atoms with E-state index in [1.165, 1.54) is 25.1 Å². The Morgan fingerprint density at radius 3 is 2.45 bits per heavy atom. The van der Waals surface area contributed by atoms with Crippen LogP contribution in [0.5, 0.6) is 0 Å². The fraction of sp³-hybridized carbons (Fsp3) is 0.273. The first-order chi connectivity index (χ1) is 9.24. The second-order valence-corrected chi connectivity index (χ2v) is 6.42. The van der Waals surface area contributed by atoms with Gasteiger partial charge in [-0.25, -0.2) is 17.9 Å². The average molecular weight is 365 g/mol. The Kier molecular flexibility index (Phi) is 5.66. The van der Waals surface area contributed by atoms with Gasteiger partial charge in [0.2, 0.25) is 15.9 Å². The van der Waals surface area contributed by atoms with Crippen LogP contribution < -0.4 is 10.0 Å². The number of aromatic carboxylic acids is 1. The Bertz CT molecular complexity index is 630. The molecule has 3 N–H and O–H groups in total. The van der Waals surface area contributed by atoms with Crippen LogP contribution in [0.15, 0.2) is 27.6 Å². The molecule has 0 heterocycles. The van der Waals surface area contributed by atoms with Crippen molar-refractivity contribution in [2.75, 3.05) is 13.1 Å². The summed E-state index contributed by atoms with van der Waals surface area (Å²) in [6, 6.07) is 3.62. The van der Waals surface area contributed by atoms with E-state index < -0.39 is 16.0 Å². The minimum absolute atomic E-state index is 0.0194.